The molecule has 29 heavy (non-hydrogen) atoms. The standard InChI is InChI=1S/C21H23N7S/c1-12-10-23-21(25-14-6-4-3-5-7-14)27-18(12)16-11-22-19-15(16)8-9-17(26-19)20-24-13(2)28-29-20/h8-11,14H,3-7H2,1-2H3,(H,22,26)(H,23,25,27). The molecule has 8 heteroatoms. The van der Waals surface area contributed by atoms with Crippen LogP contribution in [-0.2, 0) is 0 Å². The maximum Gasteiger partial charge on any atom is 0.223 e. The van der Waals surface area contributed by atoms with Crippen LogP contribution in [0, 0.1) is 13.8 Å². The predicted octanol–water partition coefficient (Wildman–Crippen LogP) is 4.90. The summed E-state index contributed by atoms with van der Waals surface area (Å²) in [4.78, 5) is 21.8. The summed E-state index contributed by atoms with van der Waals surface area (Å²) in [6.45, 7) is 3.94. The van der Waals surface area contributed by atoms with E-state index in [1.165, 1.54) is 43.6 Å². The van der Waals surface area contributed by atoms with Gasteiger partial charge in [-0.25, -0.2) is 19.9 Å². The Morgan fingerprint density at radius 2 is 1.93 bits per heavy atom. The smallest absolute Gasteiger partial charge is 0.223 e. The molecule has 0 unspecified atom stereocenters. The fourth-order valence-corrected chi connectivity index (χ4v) is 4.57. The van der Waals surface area contributed by atoms with Crippen molar-refractivity contribution in [2.45, 2.75) is 52.0 Å². The molecular formula is C21H23N7S. The van der Waals surface area contributed by atoms with Crippen molar-refractivity contribution in [2.24, 2.45) is 0 Å². The maximum absolute atomic E-state index is 4.85. The number of hydrogen-bond acceptors (Lipinski definition) is 7. The molecule has 1 saturated carbocycles. The second kappa shape index (κ2) is 7.51. The van der Waals surface area contributed by atoms with Gasteiger partial charge in [0.1, 0.15) is 17.2 Å². The molecule has 1 fully saturated rings. The number of anilines is 1. The summed E-state index contributed by atoms with van der Waals surface area (Å²) in [5, 5.41) is 5.40. The highest BCUT2D eigenvalue weighted by Crippen LogP contribution is 2.31. The van der Waals surface area contributed by atoms with Crippen LogP contribution < -0.4 is 5.32 Å². The van der Waals surface area contributed by atoms with E-state index < -0.39 is 0 Å². The van der Waals surface area contributed by atoms with Gasteiger partial charge in [-0.3, -0.25) is 0 Å². The molecule has 5 rings (SSSR count). The molecule has 0 amide bonds. The first-order valence-corrected chi connectivity index (χ1v) is 10.8. The van der Waals surface area contributed by atoms with Crippen LogP contribution >= 0.6 is 11.5 Å². The zero-order valence-corrected chi connectivity index (χ0v) is 17.4. The van der Waals surface area contributed by atoms with Gasteiger partial charge in [0, 0.05) is 29.4 Å². The van der Waals surface area contributed by atoms with Gasteiger partial charge in [-0.2, -0.15) is 4.37 Å². The summed E-state index contributed by atoms with van der Waals surface area (Å²) in [6, 6.07) is 4.55. The van der Waals surface area contributed by atoms with Crippen molar-refractivity contribution in [1.29, 1.82) is 0 Å². The molecule has 0 bridgehead atoms. The van der Waals surface area contributed by atoms with Crippen LogP contribution in [0.15, 0.2) is 24.5 Å². The molecule has 1 aliphatic carbocycles. The lowest BCUT2D eigenvalue weighted by molar-refractivity contribution is 0.461. The Balaban J connectivity index is 1.49. The molecule has 0 aliphatic heterocycles. The summed E-state index contributed by atoms with van der Waals surface area (Å²) in [7, 11) is 0. The third-order valence-electron chi connectivity index (χ3n) is 5.45. The molecule has 0 saturated heterocycles. The number of pyridine rings is 1. The van der Waals surface area contributed by atoms with Crippen LogP contribution in [0.2, 0.25) is 0 Å². The van der Waals surface area contributed by atoms with E-state index in [9.17, 15) is 0 Å². The van der Waals surface area contributed by atoms with E-state index in [2.05, 4.69) is 30.7 Å². The third kappa shape index (κ3) is 3.60. The van der Waals surface area contributed by atoms with Crippen LogP contribution in [0.4, 0.5) is 5.95 Å². The van der Waals surface area contributed by atoms with Gasteiger partial charge in [0.15, 0.2) is 5.01 Å². The number of fused-ring (bicyclic) bond motifs is 1. The second-order valence-electron chi connectivity index (χ2n) is 7.65. The monoisotopic (exact) mass is 405 g/mol. The van der Waals surface area contributed by atoms with Crippen LogP contribution in [0.1, 0.15) is 43.5 Å². The van der Waals surface area contributed by atoms with Crippen molar-refractivity contribution >= 4 is 28.5 Å². The highest BCUT2D eigenvalue weighted by atomic mass is 32.1. The summed E-state index contributed by atoms with van der Waals surface area (Å²) in [5.74, 6) is 1.48. The van der Waals surface area contributed by atoms with Gasteiger partial charge in [-0.15, -0.1) is 0 Å². The quantitative estimate of drug-likeness (QED) is 0.502. The lowest BCUT2D eigenvalue weighted by Crippen LogP contribution is -2.23. The van der Waals surface area contributed by atoms with Crippen LogP contribution in [0.5, 0.6) is 0 Å². The van der Waals surface area contributed by atoms with Crippen molar-refractivity contribution in [3.05, 3.63) is 35.9 Å². The summed E-state index contributed by atoms with van der Waals surface area (Å²) in [5.41, 5.74) is 4.68. The van der Waals surface area contributed by atoms with Crippen molar-refractivity contribution in [1.82, 2.24) is 29.3 Å². The van der Waals surface area contributed by atoms with E-state index >= 15 is 0 Å². The Morgan fingerprint density at radius 1 is 1.07 bits per heavy atom. The maximum atomic E-state index is 4.85. The van der Waals surface area contributed by atoms with Crippen LogP contribution in [0.25, 0.3) is 33.0 Å². The van der Waals surface area contributed by atoms with Crippen LogP contribution in [-0.4, -0.2) is 35.3 Å². The molecule has 7 nitrogen and oxygen atoms in total. The molecule has 0 aromatic carbocycles. The molecule has 4 aromatic rings. The van der Waals surface area contributed by atoms with E-state index in [0.29, 0.717) is 12.0 Å². The van der Waals surface area contributed by atoms with Crippen molar-refractivity contribution < 1.29 is 0 Å². The number of aryl methyl sites for hydroxylation is 2. The Labute approximate surface area is 173 Å². The Bertz CT molecular complexity index is 1160. The molecule has 0 atom stereocenters. The number of nitrogens with zero attached hydrogens (tertiary/aromatic N) is 5. The minimum Gasteiger partial charge on any atom is -0.351 e. The minimum absolute atomic E-state index is 0.474. The predicted molar refractivity (Wildman–Crippen MR) is 116 cm³/mol. The van der Waals surface area contributed by atoms with Gasteiger partial charge in [0.2, 0.25) is 5.95 Å². The molecule has 1 aliphatic rings. The Kier molecular flexibility index (Phi) is 4.71. The molecule has 4 aromatic heterocycles. The van der Waals surface area contributed by atoms with E-state index in [0.717, 1.165) is 44.4 Å². The zero-order valence-electron chi connectivity index (χ0n) is 16.6. The molecule has 0 radical (unpaired) electrons. The van der Waals surface area contributed by atoms with Gasteiger partial charge in [-0.05, 0) is 55.9 Å². The van der Waals surface area contributed by atoms with Crippen molar-refractivity contribution in [3.8, 4) is 22.0 Å². The van der Waals surface area contributed by atoms with E-state index in [1.54, 1.807) is 0 Å². The fourth-order valence-electron chi connectivity index (χ4n) is 3.93. The largest absolute Gasteiger partial charge is 0.351 e. The lowest BCUT2D eigenvalue weighted by Gasteiger charge is -2.23. The minimum atomic E-state index is 0.474. The number of nitrogens with one attached hydrogen (secondary N) is 2. The number of aromatic nitrogens is 6. The first kappa shape index (κ1) is 18.2. The fraction of sp³-hybridized carbons (Fsp3) is 0.381. The topological polar surface area (TPSA) is 92.3 Å². The normalized spacial score (nSPS) is 15.1. The van der Waals surface area contributed by atoms with Gasteiger partial charge in [0.25, 0.3) is 0 Å². The number of hydrogen-bond donors (Lipinski definition) is 2. The van der Waals surface area contributed by atoms with Gasteiger partial charge >= 0.3 is 0 Å². The van der Waals surface area contributed by atoms with E-state index in [-0.39, 0.29) is 0 Å². The molecule has 2 N–H and O–H groups in total. The Hall–Kier alpha value is -2.87. The first-order chi connectivity index (χ1) is 14.2. The summed E-state index contributed by atoms with van der Waals surface area (Å²) >= 11 is 1.37. The number of aromatic amines is 1. The highest BCUT2D eigenvalue weighted by molar-refractivity contribution is 7.09. The molecule has 148 valence electrons. The zero-order chi connectivity index (χ0) is 19.8. The first-order valence-electron chi connectivity index (χ1n) is 10.1. The van der Waals surface area contributed by atoms with Crippen molar-refractivity contribution in [3.63, 3.8) is 0 Å². The summed E-state index contributed by atoms with van der Waals surface area (Å²) < 4.78 is 4.25. The van der Waals surface area contributed by atoms with Crippen LogP contribution in [0.3, 0.4) is 0 Å². The molecular weight excluding hydrogens is 382 g/mol. The highest BCUT2D eigenvalue weighted by Gasteiger charge is 2.17. The van der Waals surface area contributed by atoms with Gasteiger partial charge < -0.3 is 10.3 Å². The Morgan fingerprint density at radius 3 is 2.72 bits per heavy atom. The summed E-state index contributed by atoms with van der Waals surface area (Å²) in [6.07, 6.45) is 10.2. The number of H-pyrrole nitrogens is 1. The third-order valence-corrected chi connectivity index (χ3v) is 6.28. The van der Waals surface area contributed by atoms with E-state index in [4.69, 9.17) is 9.97 Å². The van der Waals surface area contributed by atoms with Gasteiger partial charge in [0.05, 0.1) is 5.69 Å². The van der Waals surface area contributed by atoms with Gasteiger partial charge in [-0.1, -0.05) is 19.3 Å². The number of rotatable bonds is 4. The average Bonchev–Trinajstić information content (AvgIpc) is 3.36. The molecule has 4 heterocycles. The SMILES string of the molecule is Cc1nsc(-c2ccc3c(-c4nc(NC5CCCCC5)ncc4C)c[nH]c3n2)n1. The van der Waals surface area contributed by atoms with Crippen molar-refractivity contribution in [2.75, 3.05) is 5.32 Å². The second-order valence-corrected chi connectivity index (χ2v) is 8.40. The van der Waals surface area contributed by atoms with E-state index in [1.807, 2.05) is 32.3 Å². The average molecular weight is 406 g/mol. The lowest BCUT2D eigenvalue weighted by atomic mass is 9.96. The molecule has 0 spiro atoms.